The van der Waals surface area contributed by atoms with E-state index in [2.05, 4.69) is 32.3 Å². The van der Waals surface area contributed by atoms with Gasteiger partial charge in [-0.2, -0.15) is 0 Å². The summed E-state index contributed by atoms with van der Waals surface area (Å²) in [6.07, 6.45) is 6.86. The zero-order chi connectivity index (χ0) is 21.2. The predicted molar refractivity (Wildman–Crippen MR) is 123 cm³/mol. The van der Waals surface area contributed by atoms with Crippen molar-refractivity contribution < 1.29 is 9.52 Å². The van der Waals surface area contributed by atoms with Crippen molar-refractivity contribution in [2.24, 2.45) is 0 Å². The zero-order valence-corrected chi connectivity index (χ0v) is 18.6. The van der Waals surface area contributed by atoms with Crippen LogP contribution in [-0.2, 0) is 12.2 Å². The van der Waals surface area contributed by atoms with E-state index in [4.69, 9.17) is 4.42 Å². The number of rotatable bonds is 6. The number of aromatic hydroxyl groups is 1. The fourth-order valence-electron chi connectivity index (χ4n) is 4.28. The Labute approximate surface area is 187 Å². The first-order valence-electron chi connectivity index (χ1n) is 10.5. The molecule has 0 radical (unpaired) electrons. The van der Waals surface area contributed by atoms with Crippen LogP contribution in [0, 0.1) is 0 Å². The van der Waals surface area contributed by atoms with Crippen LogP contribution in [0.2, 0.25) is 0 Å². The zero-order valence-electron chi connectivity index (χ0n) is 17.0. The minimum atomic E-state index is -0.416. The number of thiophene rings is 1. The standard InChI is InChI=1S/C23H23N3O3S2/c27-17-8-9-19-15(11-22(28)29-20(19)12-17)14-31-23-25-24-21(13-18-7-4-10-30-18)26(23)16-5-2-1-3-6-16/h4,7-12,16,27H,1-3,5-6,13-14H2. The average Bonchev–Trinajstić information content (AvgIpc) is 3.42. The molecule has 0 spiro atoms. The van der Waals surface area contributed by atoms with Gasteiger partial charge < -0.3 is 14.1 Å². The Hall–Kier alpha value is -2.58. The van der Waals surface area contributed by atoms with E-state index in [1.807, 2.05) is 0 Å². The number of phenols is 1. The minimum absolute atomic E-state index is 0.0794. The van der Waals surface area contributed by atoms with Gasteiger partial charge in [-0.15, -0.1) is 21.5 Å². The summed E-state index contributed by atoms with van der Waals surface area (Å²) in [5, 5.41) is 22.6. The molecule has 31 heavy (non-hydrogen) atoms. The highest BCUT2D eigenvalue weighted by Crippen LogP contribution is 2.35. The van der Waals surface area contributed by atoms with Crippen LogP contribution in [0.15, 0.2) is 56.1 Å². The Morgan fingerprint density at radius 2 is 2.03 bits per heavy atom. The number of thioether (sulfide) groups is 1. The van der Waals surface area contributed by atoms with Gasteiger partial charge in [-0.05, 0) is 42.0 Å². The molecule has 3 heterocycles. The number of nitrogens with zero attached hydrogens (tertiary/aromatic N) is 3. The van der Waals surface area contributed by atoms with Crippen molar-refractivity contribution in [1.82, 2.24) is 14.8 Å². The largest absolute Gasteiger partial charge is 0.508 e. The topological polar surface area (TPSA) is 81.2 Å². The molecule has 0 bridgehead atoms. The molecule has 4 aromatic rings. The van der Waals surface area contributed by atoms with Crippen molar-refractivity contribution in [2.75, 3.05) is 0 Å². The van der Waals surface area contributed by atoms with Gasteiger partial charge in [0.15, 0.2) is 5.16 Å². The minimum Gasteiger partial charge on any atom is -0.508 e. The van der Waals surface area contributed by atoms with Crippen molar-refractivity contribution in [2.45, 2.75) is 55.5 Å². The summed E-state index contributed by atoms with van der Waals surface area (Å²) in [7, 11) is 0. The first-order chi connectivity index (χ1) is 15.2. The highest BCUT2D eigenvalue weighted by atomic mass is 32.2. The molecule has 0 unspecified atom stereocenters. The van der Waals surface area contributed by atoms with Gasteiger partial charge in [-0.3, -0.25) is 0 Å². The van der Waals surface area contributed by atoms with Crippen LogP contribution in [0.4, 0.5) is 0 Å². The van der Waals surface area contributed by atoms with Gasteiger partial charge >= 0.3 is 5.63 Å². The second-order valence-electron chi connectivity index (χ2n) is 7.88. The van der Waals surface area contributed by atoms with Gasteiger partial charge in [-0.1, -0.05) is 37.1 Å². The normalized spacial score (nSPS) is 15.0. The van der Waals surface area contributed by atoms with Crippen LogP contribution >= 0.6 is 23.1 Å². The van der Waals surface area contributed by atoms with Crippen LogP contribution in [0.3, 0.4) is 0 Å². The molecule has 1 saturated carbocycles. The maximum atomic E-state index is 12.0. The summed E-state index contributed by atoms with van der Waals surface area (Å²) in [6.45, 7) is 0. The summed E-state index contributed by atoms with van der Waals surface area (Å²) in [4.78, 5) is 13.3. The summed E-state index contributed by atoms with van der Waals surface area (Å²) in [5.74, 6) is 1.67. The third kappa shape index (κ3) is 4.41. The van der Waals surface area contributed by atoms with E-state index in [0.29, 0.717) is 17.4 Å². The molecule has 0 amide bonds. The molecular weight excluding hydrogens is 430 g/mol. The average molecular weight is 454 g/mol. The van der Waals surface area contributed by atoms with Gasteiger partial charge in [0, 0.05) is 40.6 Å². The fraction of sp³-hybridized carbons (Fsp3) is 0.348. The lowest BCUT2D eigenvalue weighted by molar-refractivity contribution is 0.330. The summed E-state index contributed by atoms with van der Waals surface area (Å²) in [5.41, 5.74) is 0.852. The van der Waals surface area contributed by atoms with Crippen molar-refractivity contribution >= 4 is 34.1 Å². The van der Waals surface area contributed by atoms with Crippen LogP contribution in [0.1, 0.15) is 54.4 Å². The molecule has 1 N–H and O–H groups in total. The van der Waals surface area contributed by atoms with Crippen molar-refractivity contribution in [3.8, 4) is 5.75 Å². The summed E-state index contributed by atoms with van der Waals surface area (Å²) < 4.78 is 7.60. The Kier molecular flexibility index (Phi) is 5.82. The predicted octanol–water partition coefficient (Wildman–Crippen LogP) is 5.54. The molecule has 1 aromatic carbocycles. The van der Waals surface area contributed by atoms with E-state index in [1.54, 1.807) is 35.2 Å². The Morgan fingerprint density at radius 1 is 1.16 bits per heavy atom. The third-order valence-electron chi connectivity index (χ3n) is 5.76. The van der Waals surface area contributed by atoms with E-state index < -0.39 is 5.63 Å². The monoisotopic (exact) mass is 453 g/mol. The SMILES string of the molecule is O=c1cc(CSc2nnc(Cc3cccs3)n2C2CCCCC2)c2ccc(O)cc2o1. The molecular formula is C23H23N3O3S2. The van der Waals surface area contributed by atoms with Crippen LogP contribution in [0.25, 0.3) is 11.0 Å². The molecule has 6 nitrogen and oxygen atoms in total. The Morgan fingerprint density at radius 3 is 2.84 bits per heavy atom. The molecule has 160 valence electrons. The second-order valence-corrected chi connectivity index (χ2v) is 9.85. The van der Waals surface area contributed by atoms with Crippen molar-refractivity contribution in [3.05, 3.63) is 68.5 Å². The van der Waals surface area contributed by atoms with E-state index in [0.717, 1.165) is 41.2 Å². The van der Waals surface area contributed by atoms with E-state index >= 15 is 0 Å². The third-order valence-corrected chi connectivity index (χ3v) is 7.63. The van der Waals surface area contributed by atoms with Crippen LogP contribution in [-0.4, -0.2) is 19.9 Å². The van der Waals surface area contributed by atoms with Crippen LogP contribution in [0.5, 0.6) is 5.75 Å². The van der Waals surface area contributed by atoms with Gasteiger partial charge in [-0.25, -0.2) is 4.79 Å². The Bertz CT molecular complexity index is 1240. The molecule has 1 fully saturated rings. The lowest BCUT2D eigenvalue weighted by atomic mass is 9.95. The number of benzene rings is 1. The highest BCUT2D eigenvalue weighted by molar-refractivity contribution is 7.98. The van der Waals surface area contributed by atoms with Crippen LogP contribution < -0.4 is 5.63 Å². The molecule has 8 heteroatoms. The first-order valence-corrected chi connectivity index (χ1v) is 12.4. The van der Waals surface area contributed by atoms with Crippen molar-refractivity contribution in [1.29, 1.82) is 0 Å². The molecule has 0 saturated heterocycles. The second kappa shape index (κ2) is 8.88. The Balaban J connectivity index is 1.46. The number of aromatic nitrogens is 3. The smallest absolute Gasteiger partial charge is 0.336 e. The quantitative estimate of drug-likeness (QED) is 0.305. The van der Waals surface area contributed by atoms with E-state index in [9.17, 15) is 9.90 Å². The molecule has 1 aliphatic rings. The summed E-state index contributed by atoms with van der Waals surface area (Å²) in [6, 6.07) is 11.0. The maximum Gasteiger partial charge on any atom is 0.336 e. The van der Waals surface area contributed by atoms with Crippen molar-refractivity contribution in [3.63, 3.8) is 0 Å². The van der Waals surface area contributed by atoms with Gasteiger partial charge in [0.2, 0.25) is 0 Å². The summed E-state index contributed by atoms with van der Waals surface area (Å²) >= 11 is 3.35. The number of fused-ring (bicyclic) bond motifs is 1. The molecule has 1 aliphatic carbocycles. The fourth-order valence-corrected chi connectivity index (χ4v) is 6.00. The number of hydrogen-bond acceptors (Lipinski definition) is 7. The van der Waals surface area contributed by atoms with E-state index in [1.165, 1.54) is 36.3 Å². The molecule has 3 aromatic heterocycles. The lowest BCUT2D eigenvalue weighted by Crippen LogP contribution is -2.16. The molecule has 5 rings (SSSR count). The van der Waals surface area contributed by atoms with Gasteiger partial charge in [0.25, 0.3) is 0 Å². The highest BCUT2D eigenvalue weighted by Gasteiger charge is 2.23. The van der Waals surface area contributed by atoms with Gasteiger partial charge in [0.05, 0.1) is 0 Å². The van der Waals surface area contributed by atoms with Gasteiger partial charge in [0.1, 0.15) is 17.2 Å². The number of phenolic OH excluding ortho intramolecular Hbond substituents is 1. The van der Waals surface area contributed by atoms with E-state index in [-0.39, 0.29) is 5.75 Å². The molecule has 0 atom stereocenters. The maximum absolute atomic E-state index is 12.0. The number of hydrogen-bond donors (Lipinski definition) is 1. The lowest BCUT2D eigenvalue weighted by Gasteiger charge is -2.25. The first kappa shape index (κ1) is 20.3. The molecule has 0 aliphatic heterocycles.